The minimum atomic E-state index is -0.341. The van der Waals surface area contributed by atoms with Gasteiger partial charge in [-0.15, -0.1) is 0 Å². The van der Waals surface area contributed by atoms with Crippen LogP contribution in [0.3, 0.4) is 0 Å². The summed E-state index contributed by atoms with van der Waals surface area (Å²) in [6.45, 7) is 5.65. The molecule has 2 amide bonds. The number of ether oxygens (including phenoxy) is 1. The van der Waals surface area contributed by atoms with E-state index >= 15 is 0 Å². The average molecular weight is 379 g/mol. The summed E-state index contributed by atoms with van der Waals surface area (Å²) < 4.78 is 5.38. The molecule has 0 spiro atoms. The Hall–Kier alpha value is -2.86. The first-order chi connectivity index (χ1) is 13.6. The SMILES string of the molecule is Cc1cccc(N2CC(C(=O)Nc3ccc(N4CCOCC4)cc3)CC2=O)c1. The first-order valence-electron chi connectivity index (χ1n) is 9.71. The summed E-state index contributed by atoms with van der Waals surface area (Å²) in [6, 6.07) is 15.7. The van der Waals surface area contributed by atoms with Crippen LogP contribution in [0.15, 0.2) is 48.5 Å². The molecule has 2 saturated heterocycles. The van der Waals surface area contributed by atoms with Crippen LogP contribution in [0.2, 0.25) is 0 Å². The summed E-state index contributed by atoms with van der Waals surface area (Å²) in [7, 11) is 0. The van der Waals surface area contributed by atoms with Crippen molar-refractivity contribution in [1.29, 1.82) is 0 Å². The highest BCUT2D eigenvalue weighted by Gasteiger charge is 2.35. The molecule has 2 heterocycles. The summed E-state index contributed by atoms with van der Waals surface area (Å²) in [6.07, 6.45) is 0.242. The molecule has 0 radical (unpaired) electrons. The van der Waals surface area contributed by atoms with Crippen molar-refractivity contribution in [3.63, 3.8) is 0 Å². The Balaban J connectivity index is 1.38. The molecular formula is C22H25N3O3. The summed E-state index contributed by atoms with van der Waals surface area (Å²) >= 11 is 0. The van der Waals surface area contributed by atoms with Crippen LogP contribution in [-0.2, 0) is 14.3 Å². The monoisotopic (exact) mass is 379 g/mol. The summed E-state index contributed by atoms with van der Waals surface area (Å²) in [5.41, 5.74) is 3.83. The molecule has 4 rings (SSSR count). The number of nitrogens with one attached hydrogen (secondary N) is 1. The highest BCUT2D eigenvalue weighted by Crippen LogP contribution is 2.27. The van der Waals surface area contributed by atoms with Crippen LogP contribution in [-0.4, -0.2) is 44.7 Å². The number of anilines is 3. The fourth-order valence-electron chi connectivity index (χ4n) is 3.75. The van der Waals surface area contributed by atoms with Gasteiger partial charge in [-0.2, -0.15) is 0 Å². The van der Waals surface area contributed by atoms with E-state index in [0.29, 0.717) is 6.54 Å². The van der Waals surface area contributed by atoms with Crippen molar-refractivity contribution in [1.82, 2.24) is 0 Å². The molecule has 1 N–H and O–H groups in total. The molecule has 0 bridgehead atoms. The molecular weight excluding hydrogens is 354 g/mol. The molecule has 1 unspecified atom stereocenters. The predicted molar refractivity (Wildman–Crippen MR) is 110 cm³/mol. The molecule has 0 saturated carbocycles. The standard InChI is InChI=1S/C22H25N3O3/c1-16-3-2-4-20(13-16)25-15-17(14-21(25)26)22(27)23-18-5-7-19(8-6-18)24-9-11-28-12-10-24/h2-8,13,17H,9-12,14-15H2,1H3,(H,23,27). The van der Waals surface area contributed by atoms with Gasteiger partial charge in [0.15, 0.2) is 0 Å². The smallest absolute Gasteiger partial charge is 0.229 e. The van der Waals surface area contributed by atoms with Gasteiger partial charge in [0.25, 0.3) is 0 Å². The lowest BCUT2D eigenvalue weighted by Gasteiger charge is -2.28. The van der Waals surface area contributed by atoms with E-state index in [2.05, 4.69) is 10.2 Å². The van der Waals surface area contributed by atoms with Crippen LogP contribution in [0.25, 0.3) is 0 Å². The topological polar surface area (TPSA) is 61.9 Å². The molecule has 0 aromatic heterocycles. The lowest BCUT2D eigenvalue weighted by Crippen LogP contribution is -2.36. The average Bonchev–Trinajstić information content (AvgIpc) is 3.11. The lowest BCUT2D eigenvalue weighted by atomic mass is 10.1. The second-order valence-electron chi connectivity index (χ2n) is 7.38. The highest BCUT2D eigenvalue weighted by molar-refractivity contribution is 6.03. The summed E-state index contributed by atoms with van der Waals surface area (Å²) in [5.74, 6) is -0.456. The van der Waals surface area contributed by atoms with Crippen LogP contribution >= 0.6 is 0 Å². The number of hydrogen-bond acceptors (Lipinski definition) is 4. The number of carbonyl (C=O) groups is 2. The number of morpholine rings is 1. The van der Waals surface area contributed by atoms with Gasteiger partial charge < -0.3 is 19.9 Å². The Kier molecular flexibility index (Phi) is 5.30. The molecule has 2 aliphatic heterocycles. The van der Waals surface area contributed by atoms with Gasteiger partial charge in [0.2, 0.25) is 11.8 Å². The zero-order valence-corrected chi connectivity index (χ0v) is 16.1. The molecule has 2 aromatic carbocycles. The number of benzene rings is 2. The Bertz CT molecular complexity index is 860. The number of amides is 2. The van der Waals surface area contributed by atoms with E-state index < -0.39 is 0 Å². The molecule has 6 nitrogen and oxygen atoms in total. The third-order valence-electron chi connectivity index (χ3n) is 5.32. The minimum absolute atomic E-state index is 0.00610. The van der Waals surface area contributed by atoms with Gasteiger partial charge in [-0.05, 0) is 48.9 Å². The van der Waals surface area contributed by atoms with E-state index in [0.717, 1.165) is 48.9 Å². The maximum Gasteiger partial charge on any atom is 0.229 e. The molecule has 2 fully saturated rings. The normalized spacial score (nSPS) is 19.8. The lowest BCUT2D eigenvalue weighted by molar-refractivity contribution is -0.122. The van der Waals surface area contributed by atoms with Gasteiger partial charge in [-0.25, -0.2) is 0 Å². The number of hydrogen-bond donors (Lipinski definition) is 1. The summed E-state index contributed by atoms with van der Waals surface area (Å²) in [4.78, 5) is 29.1. The van der Waals surface area contributed by atoms with Gasteiger partial charge >= 0.3 is 0 Å². The quantitative estimate of drug-likeness (QED) is 0.887. The van der Waals surface area contributed by atoms with Crippen LogP contribution in [0.4, 0.5) is 17.1 Å². The van der Waals surface area contributed by atoms with Gasteiger partial charge in [0.05, 0.1) is 19.1 Å². The number of nitrogens with zero attached hydrogens (tertiary/aromatic N) is 2. The van der Waals surface area contributed by atoms with Crippen molar-refractivity contribution in [2.24, 2.45) is 5.92 Å². The maximum absolute atomic E-state index is 12.7. The first-order valence-corrected chi connectivity index (χ1v) is 9.71. The van der Waals surface area contributed by atoms with E-state index in [1.54, 1.807) is 4.90 Å². The van der Waals surface area contributed by atoms with Crippen LogP contribution in [0, 0.1) is 12.8 Å². The first kappa shape index (κ1) is 18.5. The van der Waals surface area contributed by atoms with Crippen molar-refractivity contribution in [2.75, 3.05) is 48.0 Å². The number of carbonyl (C=O) groups excluding carboxylic acids is 2. The van der Waals surface area contributed by atoms with Crippen molar-refractivity contribution >= 4 is 28.9 Å². The Morgan fingerprint density at radius 3 is 2.54 bits per heavy atom. The van der Waals surface area contributed by atoms with Crippen LogP contribution < -0.4 is 15.1 Å². The third kappa shape index (κ3) is 4.02. The third-order valence-corrected chi connectivity index (χ3v) is 5.32. The zero-order valence-electron chi connectivity index (χ0n) is 16.1. The molecule has 2 aromatic rings. The van der Waals surface area contributed by atoms with Crippen LogP contribution in [0.5, 0.6) is 0 Å². The Labute approximate surface area is 165 Å². The minimum Gasteiger partial charge on any atom is -0.378 e. The molecule has 146 valence electrons. The van der Waals surface area contributed by atoms with E-state index in [1.807, 2.05) is 55.5 Å². The van der Waals surface area contributed by atoms with Crippen LogP contribution in [0.1, 0.15) is 12.0 Å². The second kappa shape index (κ2) is 8.02. The highest BCUT2D eigenvalue weighted by atomic mass is 16.5. The number of aryl methyl sites for hydroxylation is 1. The molecule has 1 atom stereocenters. The van der Waals surface area contributed by atoms with Gasteiger partial charge in [0, 0.05) is 43.1 Å². The summed E-state index contributed by atoms with van der Waals surface area (Å²) in [5, 5.41) is 2.96. The fraction of sp³-hybridized carbons (Fsp3) is 0.364. The van der Waals surface area contributed by atoms with E-state index in [9.17, 15) is 9.59 Å². The fourth-order valence-corrected chi connectivity index (χ4v) is 3.75. The van der Waals surface area contributed by atoms with Crippen molar-refractivity contribution in [2.45, 2.75) is 13.3 Å². The van der Waals surface area contributed by atoms with Crippen molar-refractivity contribution < 1.29 is 14.3 Å². The maximum atomic E-state index is 12.7. The molecule has 0 aliphatic carbocycles. The number of rotatable bonds is 4. The van der Waals surface area contributed by atoms with Gasteiger partial charge in [0.1, 0.15) is 0 Å². The zero-order chi connectivity index (χ0) is 19.5. The van der Waals surface area contributed by atoms with E-state index in [-0.39, 0.29) is 24.2 Å². The van der Waals surface area contributed by atoms with Gasteiger partial charge in [-0.1, -0.05) is 12.1 Å². The van der Waals surface area contributed by atoms with E-state index in [4.69, 9.17) is 4.74 Å². The molecule has 6 heteroatoms. The molecule has 28 heavy (non-hydrogen) atoms. The molecule has 2 aliphatic rings. The van der Waals surface area contributed by atoms with Crippen molar-refractivity contribution in [3.05, 3.63) is 54.1 Å². The van der Waals surface area contributed by atoms with Crippen molar-refractivity contribution in [3.8, 4) is 0 Å². The second-order valence-corrected chi connectivity index (χ2v) is 7.38. The van der Waals surface area contributed by atoms with E-state index in [1.165, 1.54) is 0 Å². The largest absolute Gasteiger partial charge is 0.378 e. The Morgan fingerprint density at radius 1 is 1.07 bits per heavy atom. The predicted octanol–water partition coefficient (Wildman–Crippen LogP) is 2.82. The Morgan fingerprint density at radius 2 is 1.82 bits per heavy atom. The van der Waals surface area contributed by atoms with Gasteiger partial charge in [-0.3, -0.25) is 9.59 Å².